The Kier molecular flexibility index (Phi) is 11.1. The van der Waals surface area contributed by atoms with Gasteiger partial charge in [0.15, 0.2) is 5.96 Å². The summed E-state index contributed by atoms with van der Waals surface area (Å²) < 4.78 is 11.0. The van der Waals surface area contributed by atoms with Gasteiger partial charge in [0.1, 0.15) is 5.76 Å². The van der Waals surface area contributed by atoms with Crippen LogP contribution in [0.4, 0.5) is 0 Å². The van der Waals surface area contributed by atoms with E-state index in [4.69, 9.17) is 20.9 Å². The molecule has 1 fully saturated rings. The molecule has 2 aromatic rings. The molecule has 1 aliphatic heterocycles. The van der Waals surface area contributed by atoms with Gasteiger partial charge in [-0.3, -0.25) is 9.89 Å². The molecule has 1 atom stereocenters. The zero-order valence-corrected chi connectivity index (χ0v) is 21.6. The molecule has 1 aromatic carbocycles. The Hall–Kier alpha value is -1.36. The Morgan fingerprint density at radius 2 is 1.87 bits per heavy atom. The first kappa shape index (κ1) is 25.9. The summed E-state index contributed by atoms with van der Waals surface area (Å²) in [6.45, 7) is 8.85. The van der Waals surface area contributed by atoms with Crippen LogP contribution in [0.25, 0.3) is 0 Å². The fourth-order valence-electron chi connectivity index (χ4n) is 3.76. The third kappa shape index (κ3) is 7.06. The van der Waals surface area contributed by atoms with E-state index in [-0.39, 0.29) is 30.0 Å². The number of benzene rings is 1. The summed E-state index contributed by atoms with van der Waals surface area (Å²) in [6, 6.07) is 8.29. The lowest BCUT2D eigenvalue weighted by Gasteiger charge is -2.35. The van der Waals surface area contributed by atoms with Gasteiger partial charge in [0, 0.05) is 50.2 Å². The maximum Gasteiger partial charge on any atom is 0.191 e. The summed E-state index contributed by atoms with van der Waals surface area (Å²) in [7, 11) is 1.79. The number of aryl methyl sites for hydroxylation is 2. The Balaban J connectivity index is 0.00000341. The minimum atomic E-state index is 0. The van der Waals surface area contributed by atoms with Gasteiger partial charge in [0.25, 0.3) is 0 Å². The number of halogens is 2. The van der Waals surface area contributed by atoms with E-state index in [0.29, 0.717) is 6.54 Å². The van der Waals surface area contributed by atoms with Crippen molar-refractivity contribution >= 4 is 41.5 Å². The molecular formula is C22H33ClIN5O2. The van der Waals surface area contributed by atoms with Gasteiger partial charge in [-0.15, -0.1) is 24.0 Å². The monoisotopic (exact) mass is 561 g/mol. The number of ether oxygens (including phenoxy) is 1. The first-order chi connectivity index (χ1) is 14.7. The second-order valence-electron chi connectivity index (χ2n) is 7.26. The molecule has 0 saturated carbocycles. The molecule has 0 bridgehead atoms. The number of hydrogen-bond acceptors (Lipinski definition) is 5. The van der Waals surface area contributed by atoms with Crippen molar-refractivity contribution in [2.45, 2.75) is 39.3 Å². The van der Waals surface area contributed by atoms with Crippen molar-refractivity contribution in [3.05, 3.63) is 51.9 Å². The van der Waals surface area contributed by atoms with E-state index in [1.165, 1.54) is 5.56 Å². The van der Waals surface area contributed by atoms with E-state index in [0.717, 1.165) is 73.7 Å². The second-order valence-corrected chi connectivity index (χ2v) is 7.70. The van der Waals surface area contributed by atoms with Crippen LogP contribution in [-0.4, -0.2) is 55.9 Å². The van der Waals surface area contributed by atoms with Crippen molar-refractivity contribution in [1.29, 1.82) is 0 Å². The van der Waals surface area contributed by atoms with Crippen LogP contribution in [0.15, 0.2) is 33.8 Å². The minimum absolute atomic E-state index is 0. The Labute approximate surface area is 207 Å². The first-order valence-electron chi connectivity index (χ1n) is 10.6. The van der Waals surface area contributed by atoms with Crippen molar-refractivity contribution in [3.8, 4) is 0 Å². The van der Waals surface area contributed by atoms with Gasteiger partial charge in [-0.1, -0.05) is 42.7 Å². The van der Waals surface area contributed by atoms with E-state index in [9.17, 15) is 0 Å². The highest BCUT2D eigenvalue weighted by Gasteiger charge is 2.23. The number of hydrogen-bond donors (Lipinski definition) is 2. The van der Waals surface area contributed by atoms with Crippen molar-refractivity contribution < 1.29 is 9.26 Å². The zero-order chi connectivity index (χ0) is 21.3. The van der Waals surface area contributed by atoms with Crippen LogP contribution in [0.3, 0.4) is 0 Å². The molecule has 0 radical (unpaired) electrons. The minimum Gasteiger partial charge on any atom is -0.379 e. The van der Waals surface area contributed by atoms with E-state index < -0.39 is 0 Å². The number of aromatic nitrogens is 1. The molecule has 1 aliphatic rings. The summed E-state index contributed by atoms with van der Waals surface area (Å²) in [4.78, 5) is 6.84. The molecule has 1 unspecified atom stereocenters. The van der Waals surface area contributed by atoms with Gasteiger partial charge >= 0.3 is 0 Å². The normalized spacial score (nSPS) is 15.9. The van der Waals surface area contributed by atoms with Gasteiger partial charge in [-0.25, -0.2) is 0 Å². The molecule has 2 heterocycles. The number of morpholine rings is 1. The Morgan fingerprint density at radius 1 is 1.16 bits per heavy atom. The average Bonchev–Trinajstić information content (AvgIpc) is 3.19. The fraction of sp³-hybridized carbons (Fsp3) is 0.545. The predicted octanol–water partition coefficient (Wildman–Crippen LogP) is 3.81. The van der Waals surface area contributed by atoms with Crippen molar-refractivity contribution in [1.82, 2.24) is 20.7 Å². The van der Waals surface area contributed by atoms with Gasteiger partial charge in [-0.05, 0) is 24.1 Å². The molecule has 172 valence electrons. The van der Waals surface area contributed by atoms with Gasteiger partial charge in [-0.2, -0.15) is 0 Å². The van der Waals surface area contributed by atoms with E-state index in [1.54, 1.807) is 7.05 Å². The van der Waals surface area contributed by atoms with Crippen LogP contribution in [0.5, 0.6) is 0 Å². The van der Waals surface area contributed by atoms with E-state index in [1.807, 2.05) is 12.1 Å². The molecule has 9 heteroatoms. The SMILES string of the molecule is CCc1noc(CC)c1CNC(=NC)NCC(c1ccc(Cl)cc1)N1CCOCC1.I. The van der Waals surface area contributed by atoms with Gasteiger partial charge in [0.05, 0.1) is 24.9 Å². The number of rotatable bonds is 8. The molecule has 0 spiro atoms. The van der Waals surface area contributed by atoms with Crippen LogP contribution in [0, 0.1) is 0 Å². The molecule has 2 N–H and O–H groups in total. The molecule has 1 saturated heterocycles. The molecule has 0 aliphatic carbocycles. The van der Waals surface area contributed by atoms with Crippen LogP contribution < -0.4 is 10.6 Å². The van der Waals surface area contributed by atoms with Crippen LogP contribution in [0.1, 0.15) is 42.5 Å². The summed E-state index contributed by atoms with van der Waals surface area (Å²) in [5.41, 5.74) is 3.36. The van der Waals surface area contributed by atoms with Crippen LogP contribution in [0.2, 0.25) is 5.02 Å². The fourth-order valence-corrected chi connectivity index (χ4v) is 3.88. The maximum absolute atomic E-state index is 6.10. The third-order valence-corrected chi connectivity index (χ3v) is 5.72. The predicted molar refractivity (Wildman–Crippen MR) is 135 cm³/mol. The number of guanidine groups is 1. The van der Waals surface area contributed by atoms with Crippen LogP contribution in [-0.2, 0) is 24.1 Å². The highest BCUT2D eigenvalue weighted by molar-refractivity contribution is 14.0. The van der Waals surface area contributed by atoms with Crippen molar-refractivity contribution in [3.63, 3.8) is 0 Å². The summed E-state index contributed by atoms with van der Waals surface area (Å²) in [5.74, 6) is 1.69. The summed E-state index contributed by atoms with van der Waals surface area (Å²) in [5, 5.41) is 11.8. The average molecular weight is 562 g/mol. The van der Waals surface area contributed by atoms with Crippen molar-refractivity contribution in [2.75, 3.05) is 39.9 Å². The lowest BCUT2D eigenvalue weighted by Crippen LogP contribution is -2.46. The number of aliphatic imine (C=N–C) groups is 1. The molecule has 3 rings (SSSR count). The molecule has 1 aromatic heterocycles. The quantitative estimate of drug-likeness (QED) is 0.290. The second kappa shape index (κ2) is 13.2. The third-order valence-electron chi connectivity index (χ3n) is 5.47. The van der Waals surface area contributed by atoms with Gasteiger partial charge in [0.2, 0.25) is 0 Å². The number of nitrogens with zero attached hydrogens (tertiary/aromatic N) is 3. The molecule has 7 nitrogen and oxygen atoms in total. The van der Waals surface area contributed by atoms with Crippen molar-refractivity contribution in [2.24, 2.45) is 4.99 Å². The van der Waals surface area contributed by atoms with E-state index >= 15 is 0 Å². The standard InChI is InChI=1S/C22H32ClN5O2.HI/c1-4-19-18(21(5-2)30-27-19)14-25-22(24-3)26-15-20(28-10-12-29-13-11-28)16-6-8-17(23)9-7-16;/h6-9,20H,4-5,10-15H2,1-3H3,(H2,24,25,26);1H. The Morgan fingerprint density at radius 3 is 2.48 bits per heavy atom. The van der Waals surface area contributed by atoms with Crippen LogP contribution >= 0.6 is 35.6 Å². The zero-order valence-electron chi connectivity index (χ0n) is 18.5. The topological polar surface area (TPSA) is 74.9 Å². The molecule has 31 heavy (non-hydrogen) atoms. The lowest BCUT2D eigenvalue weighted by molar-refractivity contribution is 0.0170. The largest absolute Gasteiger partial charge is 0.379 e. The van der Waals surface area contributed by atoms with Gasteiger partial charge < -0.3 is 19.9 Å². The molecule has 0 amide bonds. The van der Waals surface area contributed by atoms with E-state index in [2.05, 4.69) is 51.7 Å². The first-order valence-corrected chi connectivity index (χ1v) is 11.0. The number of nitrogens with one attached hydrogen (secondary N) is 2. The maximum atomic E-state index is 6.10. The highest BCUT2D eigenvalue weighted by Crippen LogP contribution is 2.23. The molecular weight excluding hydrogens is 529 g/mol. The smallest absolute Gasteiger partial charge is 0.191 e. The highest BCUT2D eigenvalue weighted by atomic mass is 127. The Bertz CT molecular complexity index is 800. The summed E-state index contributed by atoms with van der Waals surface area (Å²) >= 11 is 6.10. The summed E-state index contributed by atoms with van der Waals surface area (Å²) in [6.07, 6.45) is 1.67. The lowest BCUT2D eigenvalue weighted by atomic mass is 10.0.